The van der Waals surface area contributed by atoms with Gasteiger partial charge in [-0.3, -0.25) is 4.79 Å². The Morgan fingerprint density at radius 2 is 2.10 bits per heavy atom. The van der Waals surface area contributed by atoms with Gasteiger partial charge >= 0.3 is 5.97 Å². The molecule has 0 aliphatic rings. The second-order valence-corrected chi connectivity index (χ2v) is 5.08. The molecule has 2 heterocycles. The molecule has 0 saturated carbocycles. The normalized spacial score (nSPS) is 10.7. The van der Waals surface area contributed by atoms with Crippen LogP contribution in [-0.2, 0) is 6.54 Å². The van der Waals surface area contributed by atoms with Crippen LogP contribution in [-0.4, -0.2) is 37.4 Å². The topological polar surface area (TPSA) is 121 Å². The van der Waals surface area contributed by atoms with Crippen LogP contribution in [0.2, 0.25) is 0 Å². The number of fused-ring (bicyclic) bond motifs is 1. The van der Waals surface area contributed by atoms with E-state index < -0.39 is 5.97 Å². The molecule has 0 fully saturated rings. The highest BCUT2D eigenvalue weighted by molar-refractivity contribution is 7.09. The number of carbonyl (C=O) groups excluding carboxylic acids is 1. The van der Waals surface area contributed by atoms with Crippen molar-refractivity contribution in [3.63, 3.8) is 0 Å². The standard InChI is InChI=1S/C12H9N5O3S/c18-11(6-1-2-7-8(3-6)16-17-15-7)13-4-10-14-9(5-21-10)12(19)20/h1-3,5H,4H2,(H,13,18)(H,19,20)(H,15,16,17). The van der Waals surface area contributed by atoms with Crippen LogP contribution in [0.3, 0.4) is 0 Å². The molecular weight excluding hydrogens is 294 g/mol. The number of aromatic carboxylic acids is 1. The predicted octanol–water partition coefficient (Wildman–Crippen LogP) is 1.04. The van der Waals surface area contributed by atoms with Gasteiger partial charge in [-0.05, 0) is 18.2 Å². The summed E-state index contributed by atoms with van der Waals surface area (Å²) in [6, 6.07) is 4.96. The van der Waals surface area contributed by atoms with E-state index in [4.69, 9.17) is 5.11 Å². The number of amides is 1. The third-order valence-corrected chi connectivity index (χ3v) is 3.60. The number of H-pyrrole nitrogens is 1. The molecule has 0 atom stereocenters. The summed E-state index contributed by atoms with van der Waals surface area (Å²) in [5.74, 6) is -1.37. The van der Waals surface area contributed by atoms with Crippen molar-refractivity contribution in [3.05, 3.63) is 39.8 Å². The summed E-state index contributed by atoms with van der Waals surface area (Å²) in [6.45, 7) is 0.174. The van der Waals surface area contributed by atoms with Crippen molar-refractivity contribution in [3.8, 4) is 0 Å². The fraction of sp³-hybridized carbons (Fsp3) is 0.0833. The van der Waals surface area contributed by atoms with Gasteiger partial charge in [0, 0.05) is 10.9 Å². The molecule has 1 amide bonds. The van der Waals surface area contributed by atoms with Crippen LogP contribution >= 0.6 is 11.3 Å². The minimum Gasteiger partial charge on any atom is -0.476 e. The summed E-state index contributed by atoms with van der Waals surface area (Å²) in [5, 5.41) is 23.7. The van der Waals surface area contributed by atoms with Crippen molar-refractivity contribution in [2.75, 3.05) is 0 Å². The van der Waals surface area contributed by atoms with Crippen molar-refractivity contribution < 1.29 is 14.7 Å². The molecule has 0 aliphatic carbocycles. The van der Waals surface area contributed by atoms with Gasteiger partial charge in [-0.25, -0.2) is 9.78 Å². The lowest BCUT2D eigenvalue weighted by Crippen LogP contribution is -2.22. The first-order valence-corrected chi connectivity index (χ1v) is 6.78. The maximum Gasteiger partial charge on any atom is 0.355 e. The summed E-state index contributed by atoms with van der Waals surface area (Å²) in [5.41, 5.74) is 1.71. The zero-order valence-electron chi connectivity index (χ0n) is 10.5. The molecule has 3 rings (SSSR count). The predicted molar refractivity (Wildman–Crippen MR) is 74.1 cm³/mol. The van der Waals surface area contributed by atoms with E-state index in [2.05, 4.69) is 25.7 Å². The zero-order valence-corrected chi connectivity index (χ0v) is 11.3. The molecule has 8 nitrogen and oxygen atoms in total. The van der Waals surface area contributed by atoms with Crippen LogP contribution in [0, 0.1) is 0 Å². The van der Waals surface area contributed by atoms with Gasteiger partial charge in [0.15, 0.2) is 5.69 Å². The van der Waals surface area contributed by atoms with E-state index in [-0.39, 0.29) is 18.1 Å². The molecule has 0 saturated heterocycles. The number of carbonyl (C=O) groups is 2. The maximum atomic E-state index is 12.0. The lowest BCUT2D eigenvalue weighted by Gasteiger charge is -2.02. The Kier molecular flexibility index (Phi) is 3.32. The third-order valence-electron chi connectivity index (χ3n) is 2.75. The maximum absolute atomic E-state index is 12.0. The number of benzene rings is 1. The number of rotatable bonds is 4. The molecule has 0 radical (unpaired) electrons. The highest BCUT2D eigenvalue weighted by Gasteiger charge is 2.11. The Labute approximate surface area is 121 Å². The molecular formula is C12H9N5O3S. The van der Waals surface area contributed by atoms with Gasteiger partial charge in [0.05, 0.1) is 6.54 Å². The molecule has 2 aromatic heterocycles. The van der Waals surface area contributed by atoms with Crippen molar-refractivity contribution in [2.24, 2.45) is 0 Å². The molecule has 9 heteroatoms. The fourth-order valence-corrected chi connectivity index (χ4v) is 2.44. The number of thiazole rings is 1. The van der Waals surface area contributed by atoms with Crippen molar-refractivity contribution in [2.45, 2.75) is 6.54 Å². The van der Waals surface area contributed by atoms with Crippen LogP contribution in [0.5, 0.6) is 0 Å². The minimum absolute atomic E-state index is 0.0201. The molecule has 0 bridgehead atoms. The summed E-state index contributed by atoms with van der Waals surface area (Å²) >= 11 is 1.18. The smallest absolute Gasteiger partial charge is 0.355 e. The largest absolute Gasteiger partial charge is 0.476 e. The molecule has 3 aromatic rings. The Morgan fingerprint density at radius 3 is 2.86 bits per heavy atom. The van der Waals surface area contributed by atoms with Crippen LogP contribution in [0.15, 0.2) is 23.6 Å². The first-order chi connectivity index (χ1) is 10.1. The van der Waals surface area contributed by atoms with E-state index in [0.29, 0.717) is 21.6 Å². The number of aromatic amines is 1. The van der Waals surface area contributed by atoms with Gasteiger partial charge in [0.25, 0.3) is 5.91 Å². The van der Waals surface area contributed by atoms with Gasteiger partial charge in [-0.15, -0.1) is 11.3 Å². The lowest BCUT2D eigenvalue weighted by molar-refractivity contribution is 0.0691. The SMILES string of the molecule is O=C(NCc1nc(C(=O)O)cs1)c1ccc2n[nH]nc2c1. The molecule has 3 N–H and O–H groups in total. The zero-order chi connectivity index (χ0) is 14.8. The first-order valence-electron chi connectivity index (χ1n) is 5.90. The Morgan fingerprint density at radius 1 is 1.29 bits per heavy atom. The second-order valence-electron chi connectivity index (χ2n) is 4.14. The molecule has 0 spiro atoms. The summed E-state index contributed by atoms with van der Waals surface area (Å²) in [4.78, 5) is 26.6. The van der Waals surface area contributed by atoms with Crippen molar-refractivity contribution >= 4 is 34.2 Å². The monoisotopic (exact) mass is 303 g/mol. The van der Waals surface area contributed by atoms with Gasteiger partial charge in [0.1, 0.15) is 16.0 Å². The van der Waals surface area contributed by atoms with Gasteiger partial charge < -0.3 is 10.4 Å². The molecule has 0 aliphatic heterocycles. The number of aromatic nitrogens is 4. The number of hydrogen-bond acceptors (Lipinski definition) is 6. The molecule has 0 unspecified atom stereocenters. The fourth-order valence-electron chi connectivity index (χ4n) is 1.73. The van der Waals surface area contributed by atoms with Gasteiger partial charge in [-0.2, -0.15) is 15.4 Å². The highest BCUT2D eigenvalue weighted by Crippen LogP contribution is 2.12. The van der Waals surface area contributed by atoms with Gasteiger partial charge in [-0.1, -0.05) is 0 Å². The van der Waals surface area contributed by atoms with Crippen LogP contribution in [0.4, 0.5) is 0 Å². The van der Waals surface area contributed by atoms with Crippen LogP contribution in [0.1, 0.15) is 25.9 Å². The highest BCUT2D eigenvalue weighted by atomic mass is 32.1. The van der Waals surface area contributed by atoms with Crippen LogP contribution < -0.4 is 5.32 Å². The average molecular weight is 303 g/mol. The Hall–Kier alpha value is -2.81. The summed E-state index contributed by atoms with van der Waals surface area (Å²) in [7, 11) is 0. The van der Waals surface area contributed by atoms with Gasteiger partial charge in [0.2, 0.25) is 0 Å². The van der Waals surface area contributed by atoms with E-state index in [1.165, 1.54) is 16.7 Å². The Bertz CT molecular complexity index is 825. The third kappa shape index (κ3) is 2.72. The van der Waals surface area contributed by atoms with E-state index >= 15 is 0 Å². The van der Waals surface area contributed by atoms with Crippen LogP contribution in [0.25, 0.3) is 11.0 Å². The number of carboxylic acids is 1. The second kappa shape index (κ2) is 5.29. The quantitative estimate of drug-likeness (QED) is 0.662. The number of carboxylic acid groups (broad SMARTS) is 1. The first kappa shape index (κ1) is 13.2. The molecule has 1 aromatic carbocycles. The number of nitrogens with zero attached hydrogens (tertiary/aromatic N) is 3. The average Bonchev–Trinajstić information content (AvgIpc) is 3.12. The van der Waals surface area contributed by atoms with E-state index in [1.54, 1.807) is 18.2 Å². The lowest BCUT2D eigenvalue weighted by atomic mass is 10.2. The summed E-state index contributed by atoms with van der Waals surface area (Å²) < 4.78 is 0. The molecule has 21 heavy (non-hydrogen) atoms. The van der Waals surface area contributed by atoms with Crippen molar-refractivity contribution in [1.29, 1.82) is 0 Å². The minimum atomic E-state index is -1.08. The number of hydrogen-bond donors (Lipinski definition) is 3. The summed E-state index contributed by atoms with van der Waals surface area (Å²) in [6.07, 6.45) is 0. The van der Waals surface area contributed by atoms with E-state index in [1.807, 2.05) is 0 Å². The van der Waals surface area contributed by atoms with E-state index in [0.717, 1.165) is 0 Å². The Balaban J connectivity index is 1.69. The van der Waals surface area contributed by atoms with E-state index in [9.17, 15) is 9.59 Å². The molecule has 106 valence electrons. The number of nitrogens with one attached hydrogen (secondary N) is 2. The van der Waals surface area contributed by atoms with Crippen molar-refractivity contribution in [1.82, 2.24) is 25.7 Å².